The van der Waals surface area contributed by atoms with Crippen molar-refractivity contribution in [3.05, 3.63) is 70.7 Å². The predicted octanol–water partition coefficient (Wildman–Crippen LogP) is 3.20. The van der Waals surface area contributed by atoms with E-state index in [1.807, 2.05) is 19.1 Å². The summed E-state index contributed by atoms with van der Waals surface area (Å²) >= 11 is 0. The zero-order valence-electron chi connectivity index (χ0n) is 18.1. The maximum absolute atomic E-state index is 13.4. The summed E-state index contributed by atoms with van der Waals surface area (Å²) in [5, 5.41) is 7.71. The van der Waals surface area contributed by atoms with Gasteiger partial charge in [-0.05, 0) is 62.6 Å². The molecule has 0 saturated carbocycles. The van der Waals surface area contributed by atoms with Crippen LogP contribution in [0, 0.1) is 12.7 Å². The number of halogens is 1. The molecule has 1 unspecified atom stereocenters. The number of nitrogens with zero attached hydrogens (tertiary/aromatic N) is 3. The molecule has 2 aliphatic rings. The Morgan fingerprint density at radius 1 is 1.16 bits per heavy atom. The van der Waals surface area contributed by atoms with Crippen LogP contribution < -0.4 is 5.32 Å². The summed E-state index contributed by atoms with van der Waals surface area (Å²) in [5.41, 5.74) is 3.25. The Morgan fingerprint density at radius 2 is 1.94 bits per heavy atom. The van der Waals surface area contributed by atoms with Crippen LogP contribution in [0.4, 0.5) is 4.39 Å². The summed E-state index contributed by atoms with van der Waals surface area (Å²) in [5.74, 6) is 1.20. The minimum atomic E-state index is -0.294. The molecule has 32 heavy (non-hydrogen) atoms. The van der Waals surface area contributed by atoms with Crippen LogP contribution in [-0.4, -0.2) is 53.4 Å². The fraction of sp³-hybridized carbons (Fsp3) is 0.417. The van der Waals surface area contributed by atoms with Gasteiger partial charge in [-0.1, -0.05) is 0 Å². The van der Waals surface area contributed by atoms with Crippen LogP contribution in [0.1, 0.15) is 45.7 Å². The van der Waals surface area contributed by atoms with Gasteiger partial charge in [0.05, 0.1) is 24.9 Å². The summed E-state index contributed by atoms with van der Waals surface area (Å²) in [6.07, 6.45) is 2.66. The number of hydrogen-bond donors (Lipinski definition) is 1. The van der Waals surface area contributed by atoms with E-state index in [4.69, 9.17) is 9.15 Å². The fourth-order valence-corrected chi connectivity index (χ4v) is 4.62. The van der Waals surface area contributed by atoms with Gasteiger partial charge in [0.2, 0.25) is 0 Å². The molecule has 3 heterocycles. The number of aryl methyl sites for hydroxylation is 1. The van der Waals surface area contributed by atoms with Crippen molar-refractivity contribution in [1.82, 2.24) is 20.0 Å². The van der Waals surface area contributed by atoms with Gasteiger partial charge in [0.15, 0.2) is 5.69 Å². The van der Waals surface area contributed by atoms with Crippen LogP contribution >= 0.6 is 0 Å². The van der Waals surface area contributed by atoms with Crippen molar-refractivity contribution < 1.29 is 18.3 Å². The number of nitrogens with one attached hydrogen (secondary N) is 1. The quantitative estimate of drug-likeness (QED) is 0.640. The molecule has 2 aromatic heterocycles. The number of hydrogen-bond acceptors (Lipinski definition) is 5. The fourth-order valence-electron chi connectivity index (χ4n) is 4.62. The Morgan fingerprint density at radius 3 is 2.66 bits per heavy atom. The van der Waals surface area contributed by atoms with Gasteiger partial charge in [0, 0.05) is 30.9 Å². The first-order valence-corrected chi connectivity index (χ1v) is 11.1. The third-order valence-electron chi connectivity index (χ3n) is 6.25. The first-order chi connectivity index (χ1) is 15.6. The smallest absolute Gasteiger partial charge is 0.272 e. The van der Waals surface area contributed by atoms with Gasteiger partial charge in [0.1, 0.15) is 17.3 Å². The van der Waals surface area contributed by atoms with Gasteiger partial charge >= 0.3 is 0 Å². The third-order valence-corrected chi connectivity index (χ3v) is 6.25. The number of rotatable bonds is 6. The predicted molar refractivity (Wildman–Crippen MR) is 116 cm³/mol. The number of aromatic nitrogens is 2. The standard InChI is InChI=1S/C24H27FN4O3/c1-16-5-10-22(32-16)21(28-11-13-31-14-12-28)15-26-24(30)23-19-3-2-4-20(19)29(27-23)18-8-6-17(25)7-9-18/h5-10,21H,2-4,11-15H2,1H3,(H,26,30). The summed E-state index contributed by atoms with van der Waals surface area (Å²) in [6, 6.07) is 10.1. The van der Waals surface area contributed by atoms with E-state index in [0.29, 0.717) is 25.5 Å². The van der Waals surface area contributed by atoms with E-state index in [1.54, 1.807) is 16.8 Å². The molecule has 0 spiro atoms. The molecule has 1 aromatic carbocycles. The number of morpholine rings is 1. The van der Waals surface area contributed by atoms with Crippen LogP contribution in [0.3, 0.4) is 0 Å². The second-order valence-corrected chi connectivity index (χ2v) is 8.34. The molecular weight excluding hydrogens is 411 g/mol. The molecule has 1 aliphatic carbocycles. The molecule has 1 atom stereocenters. The summed E-state index contributed by atoms with van der Waals surface area (Å²) in [4.78, 5) is 15.5. The van der Waals surface area contributed by atoms with Crippen molar-refractivity contribution >= 4 is 5.91 Å². The van der Waals surface area contributed by atoms with Crippen molar-refractivity contribution in [3.8, 4) is 5.69 Å². The van der Waals surface area contributed by atoms with Gasteiger partial charge in [-0.25, -0.2) is 9.07 Å². The highest BCUT2D eigenvalue weighted by Crippen LogP contribution is 2.28. The molecule has 7 nitrogen and oxygen atoms in total. The second kappa shape index (κ2) is 8.88. The van der Waals surface area contributed by atoms with E-state index < -0.39 is 0 Å². The lowest BCUT2D eigenvalue weighted by atomic mass is 10.1. The van der Waals surface area contributed by atoms with E-state index in [9.17, 15) is 9.18 Å². The Labute approximate surface area is 186 Å². The number of benzene rings is 1. The average Bonchev–Trinajstić information content (AvgIpc) is 3.52. The minimum Gasteiger partial charge on any atom is -0.465 e. The zero-order valence-corrected chi connectivity index (χ0v) is 18.1. The highest BCUT2D eigenvalue weighted by atomic mass is 19.1. The highest BCUT2D eigenvalue weighted by molar-refractivity contribution is 5.94. The third kappa shape index (κ3) is 4.08. The monoisotopic (exact) mass is 438 g/mol. The van der Waals surface area contributed by atoms with E-state index >= 15 is 0 Å². The van der Waals surface area contributed by atoms with E-state index in [0.717, 1.165) is 60.8 Å². The lowest BCUT2D eigenvalue weighted by Gasteiger charge is -2.33. The second-order valence-electron chi connectivity index (χ2n) is 8.34. The molecule has 1 fully saturated rings. The summed E-state index contributed by atoms with van der Waals surface area (Å²) < 4.78 is 26.5. The van der Waals surface area contributed by atoms with Crippen molar-refractivity contribution in [2.24, 2.45) is 0 Å². The van der Waals surface area contributed by atoms with E-state index in [1.165, 1.54) is 12.1 Å². The van der Waals surface area contributed by atoms with Gasteiger partial charge in [-0.3, -0.25) is 9.69 Å². The number of fused-ring (bicyclic) bond motifs is 1. The van der Waals surface area contributed by atoms with Crippen LogP contribution in [0.5, 0.6) is 0 Å². The van der Waals surface area contributed by atoms with Gasteiger partial charge in [-0.15, -0.1) is 0 Å². The number of amides is 1. The minimum absolute atomic E-state index is 0.0659. The molecule has 1 aliphatic heterocycles. The van der Waals surface area contributed by atoms with Crippen molar-refractivity contribution in [2.45, 2.75) is 32.2 Å². The summed E-state index contributed by atoms with van der Waals surface area (Å²) in [6.45, 7) is 5.25. The zero-order chi connectivity index (χ0) is 22.1. The SMILES string of the molecule is Cc1ccc(C(CNC(=O)c2nn(-c3ccc(F)cc3)c3c2CCC3)N2CCOCC2)o1. The van der Waals surface area contributed by atoms with E-state index in [2.05, 4.69) is 15.3 Å². The molecular formula is C24H27FN4O3. The van der Waals surface area contributed by atoms with Crippen molar-refractivity contribution in [3.63, 3.8) is 0 Å². The number of furan rings is 1. The van der Waals surface area contributed by atoms with Crippen molar-refractivity contribution in [1.29, 1.82) is 0 Å². The topological polar surface area (TPSA) is 72.5 Å². The normalized spacial score (nSPS) is 17.3. The number of carbonyl (C=O) groups is 1. The Bertz CT molecular complexity index is 1100. The van der Waals surface area contributed by atoms with E-state index in [-0.39, 0.29) is 17.8 Å². The maximum atomic E-state index is 13.4. The van der Waals surface area contributed by atoms with Gasteiger partial charge < -0.3 is 14.5 Å². The largest absolute Gasteiger partial charge is 0.465 e. The molecule has 1 saturated heterocycles. The number of carbonyl (C=O) groups excluding carboxylic acids is 1. The Hall–Kier alpha value is -2.97. The highest BCUT2D eigenvalue weighted by Gasteiger charge is 2.29. The summed E-state index contributed by atoms with van der Waals surface area (Å²) in [7, 11) is 0. The Balaban J connectivity index is 1.37. The van der Waals surface area contributed by atoms with Crippen LogP contribution in [0.25, 0.3) is 5.69 Å². The van der Waals surface area contributed by atoms with Gasteiger partial charge in [0.25, 0.3) is 5.91 Å². The molecule has 1 amide bonds. The van der Waals surface area contributed by atoms with Crippen molar-refractivity contribution in [2.75, 3.05) is 32.8 Å². The van der Waals surface area contributed by atoms with Crippen LogP contribution in [-0.2, 0) is 17.6 Å². The molecule has 8 heteroatoms. The lowest BCUT2D eigenvalue weighted by molar-refractivity contribution is 0.0116. The maximum Gasteiger partial charge on any atom is 0.272 e. The average molecular weight is 439 g/mol. The first-order valence-electron chi connectivity index (χ1n) is 11.1. The molecule has 168 valence electrons. The molecule has 0 bridgehead atoms. The molecule has 0 radical (unpaired) electrons. The van der Waals surface area contributed by atoms with Crippen LogP contribution in [0.15, 0.2) is 40.8 Å². The first kappa shape index (κ1) is 20.9. The van der Waals surface area contributed by atoms with Crippen LogP contribution in [0.2, 0.25) is 0 Å². The number of ether oxygens (including phenoxy) is 1. The molecule has 5 rings (SSSR count). The molecule has 3 aromatic rings. The Kier molecular flexibility index (Phi) is 5.80. The van der Waals surface area contributed by atoms with Gasteiger partial charge in [-0.2, -0.15) is 5.10 Å². The lowest BCUT2D eigenvalue weighted by Crippen LogP contribution is -2.43. The molecule has 1 N–H and O–H groups in total.